The topological polar surface area (TPSA) is 16.3 Å². The highest BCUT2D eigenvalue weighted by Gasteiger charge is 2.46. The normalized spacial score (nSPS) is 14.9. The maximum absolute atomic E-state index is 9.73. The molecular weight excluding hydrogens is 1080 g/mol. The molecule has 0 fully saturated rings. The molecule has 2 aliphatic rings. The van der Waals surface area contributed by atoms with Crippen LogP contribution in [0.3, 0.4) is 0 Å². The Bertz CT molecular complexity index is 5800. The van der Waals surface area contributed by atoms with Crippen LogP contribution in [0.15, 0.2) is 333 Å². The molecule has 0 aliphatic carbocycles. The van der Waals surface area contributed by atoms with Crippen LogP contribution in [0, 0.1) is 0 Å². The molecule has 0 saturated heterocycles. The predicted molar refractivity (Wildman–Crippen MR) is 376 cm³/mol. The van der Waals surface area contributed by atoms with E-state index in [4.69, 9.17) is 5.48 Å². The molecule has 0 unspecified atom stereocenters. The van der Waals surface area contributed by atoms with E-state index in [1.165, 1.54) is 0 Å². The van der Waals surface area contributed by atoms with Crippen LogP contribution in [0.25, 0.3) is 111 Å². The van der Waals surface area contributed by atoms with E-state index >= 15 is 0 Å². The SMILES string of the molecule is [2H]c1c([2H])c([2H])c2c(c1[2H])c1c([2H])c([2H])c([2H])c([2H])c1n2-c1ccc2c(c1)N(c1c(-c3ccccc3)cccc1-c1ccccc1)c1cc(-c3ccccc3)cc3c1B2c1ccc(-n2c4c([2H])c([2H])c([2H])c([2H])c4c4c([2H])c([2H])c([2H])c([2H])c42)cc1N3c1c(-c2ccccc2)cccc1-c1ccccc1. The minimum absolute atomic E-state index is 0.0497. The summed E-state index contributed by atoms with van der Waals surface area (Å²) in [6, 6.07) is 70.8. The zero-order valence-electron chi connectivity index (χ0n) is 63.4. The zero-order chi connectivity index (χ0) is 72.4. The Labute approximate surface area is 539 Å². The number of hydrogen-bond acceptors (Lipinski definition) is 2. The first-order valence-electron chi connectivity index (χ1n) is 37.5. The van der Waals surface area contributed by atoms with Gasteiger partial charge in [0, 0.05) is 77.9 Å². The van der Waals surface area contributed by atoms with Gasteiger partial charge in [0.25, 0.3) is 6.71 Å². The van der Waals surface area contributed by atoms with E-state index in [9.17, 15) is 16.4 Å². The predicted octanol–water partition coefficient (Wildman–Crippen LogP) is 20.3. The van der Waals surface area contributed by atoms with Gasteiger partial charge in [-0.1, -0.05) is 273 Å². The first kappa shape index (κ1) is 37.0. The molecule has 4 nitrogen and oxygen atoms in total. The number of anilines is 6. The van der Waals surface area contributed by atoms with Crippen molar-refractivity contribution in [3.05, 3.63) is 333 Å². The van der Waals surface area contributed by atoms with E-state index in [1.54, 1.807) is 9.13 Å². The highest BCUT2D eigenvalue weighted by atomic mass is 15.2. The van der Waals surface area contributed by atoms with Crippen molar-refractivity contribution in [2.45, 2.75) is 0 Å². The van der Waals surface area contributed by atoms with Gasteiger partial charge in [-0.25, -0.2) is 0 Å². The third-order valence-electron chi connectivity index (χ3n) is 17.6. The number of rotatable bonds is 9. The maximum atomic E-state index is 9.73. The molecule has 2 aromatic heterocycles. The molecule has 4 heterocycles. The molecule has 0 atom stereocenters. The average Bonchev–Trinajstić information content (AvgIpc) is 1.49. The number of benzene rings is 14. The van der Waals surface area contributed by atoms with Crippen LogP contribution in [-0.2, 0) is 0 Å². The largest absolute Gasteiger partial charge is 0.310 e. The van der Waals surface area contributed by atoms with Gasteiger partial charge in [-0.15, -0.1) is 0 Å². The third-order valence-corrected chi connectivity index (χ3v) is 17.6. The molecule has 0 spiro atoms. The summed E-state index contributed by atoms with van der Waals surface area (Å²) in [7, 11) is 0. The van der Waals surface area contributed by atoms with Gasteiger partial charge in [0.05, 0.1) is 55.4 Å². The standard InChI is InChI=1S/C84H55BN4/c1-6-26-56(27-7-1)61-52-80-82-81(53-61)89(84-66(59-32-12-4-13-33-59)42-25-43-67(84)60-34-14-5-15-35-60)79-55-63(87-76-46-22-18-38-70(76)71-39-19-23-47-77(71)87)49-51-73(79)85(82)72-50-48-62(86-74-44-20-16-36-68(74)69-37-17-21-45-75(69)86)54-78(72)88(80)83-64(57-28-8-2-9-29-57)40-24-41-65(83)58-30-10-3-11-31-58/h1-55H/i16D,17D,18D,19D,20D,21D,22D,23D,36D,37D,38D,39D,44D,45D,46D,47D. The van der Waals surface area contributed by atoms with Gasteiger partial charge in [-0.2, -0.15) is 0 Å². The minimum atomic E-state index is -0.742. The first-order chi connectivity index (χ1) is 50.9. The quantitative estimate of drug-likeness (QED) is 0.134. The van der Waals surface area contributed by atoms with Gasteiger partial charge >= 0.3 is 0 Å². The monoisotopic (exact) mass is 1150 g/mol. The molecule has 0 amide bonds. The summed E-state index contributed by atoms with van der Waals surface area (Å²) in [5.74, 6) is 0. The zero-order valence-corrected chi connectivity index (χ0v) is 47.4. The van der Waals surface area contributed by atoms with Gasteiger partial charge in [-0.05, 0) is 110 Å². The Hall–Kier alpha value is -11.7. The van der Waals surface area contributed by atoms with Crippen molar-refractivity contribution in [2.75, 3.05) is 9.80 Å². The molecule has 0 saturated carbocycles. The van der Waals surface area contributed by atoms with Crippen molar-refractivity contribution in [3.8, 4) is 67.0 Å². The molecule has 0 bridgehead atoms. The van der Waals surface area contributed by atoms with Gasteiger partial charge in [0.15, 0.2) is 0 Å². The lowest BCUT2D eigenvalue weighted by Crippen LogP contribution is -2.61. The number of fused-ring (bicyclic) bond motifs is 10. The van der Waals surface area contributed by atoms with Crippen molar-refractivity contribution in [1.82, 2.24) is 9.13 Å². The van der Waals surface area contributed by atoms with E-state index in [0.717, 1.165) is 94.8 Å². The molecule has 16 aromatic rings. The van der Waals surface area contributed by atoms with Gasteiger partial charge in [0.1, 0.15) is 0 Å². The Morgan fingerprint density at radius 3 is 0.888 bits per heavy atom. The highest BCUT2D eigenvalue weighted by molar-refractivity contribution is 7.00. The third kappa shape index (κ3) is 7.95. The van der Waals surface area contributed by atoms with E-state index in [0.29, 0.717) is 22.7 Å². The van der Waals surface area contributed by atoms with Crippen LogP contribution in [0.1, 0.15) is 21.9 Å². The summed E-state index contributed by atoms with van der Waals surface area (Å²) in [4.78, 5) is 4.56. The van der Waals surface area contributed by atoms with Crippen LogP contribution < -0.4 is 26.2 Å². The van der Waals surface area contributed by atoms with Gasteiger partial charge < -0.3 is 18.9 Å². The number of para-hydroxylation sites is 6. The smallest absolute Gasteiger partial charge is 0.252 e. The summed E-state index contributed by atoms with van der Waals surface area (Å²) < 4.78 is 153. The Balaban J connectivity index is 1.05. The van der Waals surface area contributed by atoms with E-state index < -0.39 is 103 Å². The van der Waals surface area contributed by atoms with Crippen molar-refractivity contribution in [3.63, 3.8) is 0 Å². The van der Waals surface area contributed by atoms with E-state index in [2.05, 4.69) is 107 Å². The number of nitrogens with zero attached hydrogens (tertiary/aromatic N) is 4. The molecule has 14 aromatic carbocycles. The molecular formula is C84H55BN4. The fraction of sp³-hybridized carbons (Fsp3) is 0. The average molecular weight is 1150 g/mol. The van der Waals surface area contributed by atoms with Crippen LogP contribution >= 0.6 is 0 Å². The maximum Gasteiger partial charge on any atom is 0.252 e. The summed E-state index contributed by atoms with van der Waals surface area (Å²) in [5.41, 5.74) is 15.4. The van der Waals surface area contributed by atoms with Crippen LogP contribution in [0.4, 0.5) is 34.1 Å². The number of aromatic nitrogens is 2. The lowest BCUT2D eigenvalue weighted by atomic mass is 9.33. The molecule has 5 heteroatoms. The van der Waals surface area contributed by atoms with Gasteiger partial charge in [0.2, 0.25) is 0 Å². The second-order valence-corrected chi connectivity index (χ2v) is 22.3. The van der Waals surface area contributed by atoms with Crippen molar-refractivity contribution in [1.29, 1.82) is 0 Å². The van der Waals surface area contributed by atoms with Crippen molar-refractivity contribution < 1.29 is 21.9 Å². The molecule has 0 N–H and O–H groups in total. The fourth-order valence-corrected chi connectivity index (χ4v) is 13.9. The lowest BCUT2D eigenvalue weighted by Gasteiger charge is -2.46. The Kier molecular flexibility index (Phi) is 8.53. The molecule has 2 aliphatic heterocycles. The summed E-state index contributed by atoms with van der Waals surface area (Å²) in [5, 5.41) is -0.285. The second-order valence-electron chi connectivity index (χ2n) is 22.3. The molecule has 414 valence electrons. The van der Waals surface area contributed by atoms with Crippen LogP contribution in [-0.4, -0.2) is 15.8 Å². The molecule has 89 heavy (non-hydrogen) atoms. The van der Waals surface area contributed by atoms with Crippen LogP contribution in [0.5, 0.6) is 0 Å². The van der Waals surface area contributed by atoms with E-state index in [-0.39, 0.29) is 43.6 Å². The summed E-state index contributed by atoms with van der Waals surface area (Å²) >= 11 is 0. The van der Waals surface area contributed by atoms with Crippen molar-refractivity contribution >= 4 is 101 Å². The lowest BCUT2D eigenvalue weighted by molar-refractivity contribution is 1.17. The fourth-order valence-electron chi connectivity index (χ4n) is 13.9. The second kappa shape index (κ2) is 20.5. The van der Waals surface area contributed by atoms with Gasteiger partial charge in [-0.3, -0.25) is 0 Å². The molecule has 0 radical (unpaired) electrons. The Morgan fingerprint density at radius 2 is 0.562 bits per heavy atom. The van der Waals surface area contributed by atoms with Crippen LogP contribution in [0.2, 0.25) is 0 Å². The summed E-state index contributed by atoms with van der Waals surface area (Å²) in [6.07, 6.45) is 0. The minimum Gasteiger partial charge on any atom is -0.310 e. The first-order valence-corrected chi connectivity index (χ1v) is 29.5. The van der Waals surface area contributed by atoms with Crippen molar-refractivity contribution in [2.24, 2.45) is 0 Å². The Morgan fingerprint density at radius 1 is 0.258 bits per heavy atom. The highest BCUT2D eigenvalue weighted by Crippen LogP contribution is 2.54. The number of hydrogen-bond donors (Lipinski definition) is 0. The molecule has 18 rings (SSSR count). The van der Waals surface area contributed by atoms with E-state index in [1.807, 2.05) is 140 Å². The summed E-state index contributed by atoms with van der Waals surface area (Å²) in [6.45, 7) is -0.742.